The summed E-state index contributed by atoms with van der Waals surface area (Å²) in [6.45, 7) is 2.54. The number of rotatable bonds is 3. The molecule has 0 aliphatic heterocycles. The lowest BCUT2D eigenvalue weighted by Crippen LogP contribution is -2.31. The topological polar surface area (TPSA) is 32.3 Å². The average molecular weight is 272 g/mol. The normalized spacial score (nSPS) is 10.2. The van der Waals surface area contributed by atoms with E-state index in [1.165, 1.54) is 24.3 Å². The van der Waals surface area contributed by atoms with Crippen molar-refractivity contribution in [1.29, 1.82) is 0 Å². The maximum absolute atomic E-state index is 12.8. The van der Waals surface area contributed by atoms with Crippen LogP contribution in [0.3, 0.4) is 0 Å². The van der Waals surface area contributed by atoms with Crippen LogP contribution >= 0.6 is 0 Å². The van der Waals surface area contributed by atoms with Gasteiger partial charge in [-0.05, 0) is 42.3 Å². The number of carbonyl (C=O) groups is 1. The van der Waals surface area contributed by atoms with Crippen LogP contribution in [0.15, 0.2) is 48.5 Å². The number of nitrogens with zero attached hydrogens (tertiary/aromatic N) is 1. The predicted molar refractivity (Wildman–Crippen MR) is 78.1 cm³/mol. The Hall–Kier alpha value is -2.36. The fourth-order valence-electron chi connectivity index (χ4n) is 1.87. The van der Waals surface area contributed by atoms with Crippen LogP contribution in [0.1, 0.15) is 11.1 Å². The molecule has 0 spiro atoms. The Morgan fingerprint density at radius 1 is 1.15 bits per heavy atom. The van der Waals surface area contributed by atoms with Gasteiger partial charge in [-0.15, -0.1) is 0 Å². The molecule has 0 aliphatic carbocycles. The summed E-state index contributed by atoms with van der Waals surface area (Å²) in [7, 11) is 1.73. The van der Waals surface area contributed by atoms with E-state index in [2.05, 4.69) is 5.32 Å². The zero-order valence-electron chi connectivity index (χ0n) is 11.6. The first-order chi connectivity index (χ1) is 9.56. The first-order valence-electron chi connectivity index (χ1n) is 6.38. The van der Waals surface area contributed by atoms with Crippen molar-refractivity contribution in [1.82, 2.24) is 4.90 Å². The molecule has 104 valence electrons. The van der Waals surface area contributed by atoms with Crippen molar-refractivity contribution in [2.45, 2.75) is 13.5 Å². The molecule has 0 atom stereocenters. The fraction of sp³-hybridized carbons (Fsp3) is 0.188. The third-order valence-electron chi connectivity index (χ3n) is 3.11. The molecule has 0 saturated carbocycles. The van der Waals surface area contributed by atoms with Gasteiger partial charge in [0.2, 0.25) is 0 Å². The van der Waals surface area contributed by atoms with Crippen molar-refractivity contribution in [3.05, 3.63) is 65.5 Å². The second kappa shape index (κ2) is 6.19. The van der Waals surface area contributed by atoms with Crippen molar-refractivity contribution in [2.75, 3.05) is 12.4 Å². The van der Waals surface area contributed by atoms with Gasteiger partial charge in [0.05, 0.1) is 0 Å². The molecule has 0 saturated heterocycles. The van der Waals surface area contributed by atoms with Gasteiger partial charge in [0.25, 0.3) is 0 Å². The number of hydrogen-bond donors (Lipinski definition) is 1. The average Bonchev–Trinajstić information content (AvgIpc) is 2.44. The van der Waals surface area contributed by atoms with Gasteiger partial charge in [0, 0.05) is 19.3 Å². The van der Waals surface area contributed by atoms with E-state index < -0.39 is 0 Å². The van der Waals surface area contributed by atoms with Crippen LogP contribution in [-0.2, 0) is 6.54 Å². The standard InChI is InChI=1S/C16H17FN2O/c1-12-5-3-4-6-13(12)11-19(2)16(20)18-15-9-7-14(17)8-10-15/h3-10H,11H2,1-2H3,(H,18,20). The Morgan fingerprint density at radius 2 is 1.80 bits per heavy atom. The number of halogens is 1. The van der Waals surface area contributed by atoms with Crippen molar-refractivity contribution < 1.29 is 9.18 Å². The van der Waals surface area contributed by atoms with Gasteiger partial charge in [-0.2, -0.15) is 0 Å². The smallest absolute Gasteiger partial charge is 0.321 e. The van der Waals surface area contributed by atoms with Gasteiger partial charge in [0.1, 0.15) is 5.82 Å². The first kappa shape index (κ1) is 14.1. The van der Waals surface area contributed by atoms with Gasteiger partial charge in [0.15, 0.2) is 0 Å². The van der Waals surface area contributed by atoms with Crippen molar-refractivity contribution >= 4 is 11.7 Å². The Balaban J connectivity index is 1.99. The van der Waals surface area contributed by atoms with Crippen LogP contribution in [0.4, 0.5) is 14.9 Å². The van der Waals surface area contributed by atoms with E-state index in [0.29, 0.717) is 12.2 Å². The zero-order valence-corrected chi connectivity index (χ0v) is 11.6. The van der Waals surface area contributed by atoms with Gasteiger partial charge in [-0.3, -0.25) is 0 Å². The maximum Gasteiger partial charge on any atom is 0.321 e. The summed E-state index contributed by atoms with van der Waals surface area (Å²) in [6.07, 6.45) is 0. The van der Waals surface area contributed by atoms with Crippen LogP contribution in [0, 0.1) is 12.7 Å². The van der Waals surface area contributed by atoms with Crippen LogP contribution in [-0.4, -0.2) is 18.0 Å². The molecule has 0 aliphatic rings. The minimum Gasteiger partial charge on any atom is -0.323 e. The molecule has 0 unspecified atom stereocenters. The van der Waals surface area contributed by atoms with Gasteiger partial charge >= 0.3 is 6.03 Å². The Labute approximate surface area is 118 Å². The molecule has 2 aromatic carbocycles. The molecule has 0 bridgehead atoms. The van der Waals surface area contributed by atoms with Crippen molar-refractivity contribution in [3.8, 4) is 0 Å². The van der Waals surface area contributed by atoms with E-state index in [1.807, 2.05) is 31.2 Å². The molecule has 0 heterocycles. The van der Waals surface area contributed by atoms with Crippen LogP contribution < -0.4 is 5.32 Å². The largest absolute Gasteiger partial charge is 0.323 e. The van der Waals surface area contributed by atoms with Gasteiger partial charge in [-0.25, -0.2) is 9.18 Å². The number of benzene rings is 2. The van der Waals surface area contributed by atoms with E-state index in [1.54, 1.807) is 11.9 Å². The quantitative estimate of drug-likeness (QED) is 0.905. The maximum atomic E-state index is 12.8. The van der Waals surface area contributed by atoms with Crippen LogP contribution in [0.2, 0.25) is 0 Å². The lowest BCUT2D eigenvalue weighted by molar-refractivity contribution is 0.220. The van der Waals surface area contributed by atoms with Crippen molar-refractivity contribution in [3.63, 3.8) is 0 Å². The van der Waals surface area contributed by atoms with Crippen LogP contribution in [0.5, 0.6) is 0 Å². The molecule has 1 N–H and O–H groups in total. The van der Waals surface area contributed by atoms with Gasteiger partial charge < -0.3 is 10.2 Å². The first-order valence-corrected chi connectivity index (χ1v) is 6.38. The van der Waals surface area contributed by atoms with E-state index in [9.17, 15) is 9.18 Å². The molecular formula is C16H17FN2O. The molecule has 3 nitrogen and oxygen atoms in total. The summed E-state index contributed by atoms with van der Waals surface area (Å²) in [4.78, 5) is 13.6. The molecular weight excluding hydrogens is 255 g/mol. The Kier molecular flexibility index (Phi) is 4.35. The molecule has 20 heavy (non-hydrogen) atoms. The minimum absolute atomic E-state index is 0.222. The monoisotopic (exact) mass is 272 g/mol. The highest BCUT2D eigenvalue weighted by Crippen LogP contribution is 2.12. The molecule has 0 fully saturated rings. The van der Waals surface area contributed by atoms with Crippen molar-refractivity contribution in [2.24, 2.45) is 0 Å². The molecule has 2 amide bonds. The van der Waals surface area contributed by atoms with Crippen LogP contribution in [0.25, 0.3) is 0 Å². The number of carbonyl (C=O) groups excluding carboxylic acids is 1. The number of urea groups is 1. The summed E-state index contributed by atoms with van der Waals surface area (Å²) in [5, 5.41) is 2.73. The summed E-state index contributed by atoms with van der Waals surface area (Å²) >= 11 is 0. The third kappa shape index (κ3) is 3.57. The highest BCUT2D eigenvalue weighted by molar-refractivity contribution is 5.89. The van der Waals surface area contributed by atoms with Gasteiger partial charge in [-0.1, -0.05) is 24.3 Å². The van der Waals surface area contributed by atoms with E-state index in [0.717, 1.165) is 11.1 Å². The molecule has 4 heteroatoms. The molecule has 2 rings (SSSR count). The third-order valence-corrected chi connectivity index (χ3v) is 3.11. The Bertz CT molecular complexity index is 596. The van der Waals surface area contributed by atoms with E-state index >= 15 is 0 Å². The number of aryl methyl sites for hydroxylation is 1. The zero-order chi connectivity index (χ0) is 14.5. The molecule has 0 aromatic heterocycles. The Morgan fingerprint density at radius 3 is 2.45 bits per heavy atom. The molecule has 0 radical (unpaired) electrons. The second-order valence-corrected chi connectivity index (χ2v) is 4.72. The van der Waals surface area contributed by atoms with E-state index in [4.69, 9.17) is 0 Å². The minimum atomic E-state index is -0.323. The summed E-state index contributed by atoms with van der Waals surface area (Å²) in [5.74, 6) is -0.323. The summed E-state index contributed by atoms with van der Waals surface area (Å²) < 4.78 is 12.8. The lowest BCUT2D eigenvalue weighted by atomic mass is 10.1. The number of hydrogen-bond acceptors (Lipinski definition) is 1. The second-order valence-electron chi connectivity index (χ2n) is 4.72. The van der Waals surface area contributed by atoms with E-state index in [-0.39, 0.29) is 11.8 Å². The molecule has 2 aromatic rings. The fourth-order valence-corrected chi connectivity index (χ4v) is 1.87. The summed E-state index contributed by atoms with van der Waals surface area (Å²) in [6, 6.07) is 13.4. The highest BCUT2D eigenvalue weighted by Gasteiger charge is 2.10. The SMILES string of the molecule is Cc1ccccc1CN(C)C(=O)Nc1ccc(F)cc1. The lowest BCUT2D eigenvalue weighted by Gasteiger charge is -2.19. The number of nitrogens with one attached hydrogen (secondary N) is 1. The highest BCUT2D eigenvalue weighted by atomic mass is 19.1. The summed E-state index contributed by atoms with van der Waals surface area (Å²) in [5.41, 5.74) is 2.83. The number of anilines is 1. The number of amides is 2. The predicted octanol–water partition coefficient (Wildman–Crippen LogP) is 3.80.